The first-order chi connectivity index (χ1) is 15.8. The van der Waals surface area contributed by atoms with Gasteiger partial charge < -0.3 is 35.0 Å². The highest BCUT2D eigenvalue weighted by Gasteiger charge is 2.15. The van der Waals surface area contributed by atoms with E-state index in [2.05, 4.69) is 0 Å². The second kappa shape index (κ2) is 13.5. The number of ether oxygens (including phenoxy) is 2. The zero-order valence-electron chi connectivity index (χ0n) is 18.6. The van der Waals surface area contributed by atoms with Crippen molar-refractivity contribution < 1.29 is 39.8 Å². The summed E-state index contributed by atoms with van der Waals surface area (Å²) in [5.41, 5.74) is 6.79. The topological polar surface area (TPSA) is 163 Å². The van der Waals surface area contributed by atoms with E-state index in [4.69, 9.17) is 20.3 Å². The number of ketones is 1. The first kappa shape index (κ1) is 26.2. The van der Waals surface area contributed by atoms with Gasteiger partial charge in [0.2, 0.25) is 5.75 Å². The van der Waals surface area contributed by atoms with Gasteiger partial charge in [0.25, 0.3) is 0 Å². The van der Waals surface area contributed by atoms with Crippen molar-refractivity contribution in [2.75, 3.05) is 19.9 Å². The van der Waals surface area contributed by atoms with E-state index in [1.165, 1.54) is 12.1 Å². The second-order valence-corrected chi connectivity index (χ2v) is 7.79. The van der Waals surface area contributed by atoms with Gasteiger partial charge in [-0.15, -0.1) is 0 Å². The maximum atomic E-state index is 12.3. The van der Waals surface area contributed by atoms with Crippen molar-refractivity contribution in [3.63, 3.8) is 0 Å². The monoisotopic (exact) mass is 463 g/mol. The van der Waals surface area contributed by atoms with Crippen molar-refractivity contribution in [2.45, 2.75) is 51.0 Å². The van der Waals surface area contributed by atoms with E-state index < -0.39 is 6.10 Å². The molecule has 182 valence electrons. The number of rotatable bonds is 15. The summed E-state index contributed by atoms with van der Waals surface area (Å²) >= 11 is 0. The number of hydrogen-bond donors (Lipinski definition) is 6. The molecule has 9 nitrogen and oxygen atoms in total. The molecule has 0 aliphatic heterocycles. The van der Waals surface area contributed by atoms with Crippen molar-refractivity contribution in [1.29, 1.82) is 0 Å². The van der Waals surface area contributed by atoms with Gasteiger partial charge in [-0.25, -0.2) is 0 Å². The number of aromatic hydroxyl groups is 3. The van der Waals surface area contributed by atoms with Crippen LogP contribution in [0.3, 0.4) is 0 Å². The molecule has 9 heteroatoms. The normalized spacial score (nSPS) is 11.8. The first-order valence-corrected chi connectivity index (χ1v) is 11.0. The molecule has 2 aromatic carbocycles. The van der Waals surface area contributed by atoms with Gasteiger partial charge in [0, 0.05) is 19.4 Å². The molecule has 0 spiro atoms. The summed E-state index contributed by atoms with van der Waals surface area (Å²) in [6, 6.07) is 7.80. The van der Waals surface area contributed by atoms with Crippen LogP contribution in [0.2, 0.25) is 0 Å². The standard InChI is InChI=1S/C24H33NO8/c25-15-33-22-12-16(5-8-20(22)29)3-6-18(27)14-19(28)7-4-17-11-21(30)24(31)23(13-17)32-10-2-1-9-26/h5,8,11-13,19,26,28-31H,1-4,6-7,9-10,14-15,25H2/t19-/m1/s1. The molecule has 0 fully saturated rings. The number of phenols is 3. The van der Waals surface area contributed by atoms with Crippen molar-refractivity contribution >= 4 is 5.78 Å². The fraction of sp³-hybridized carbons (Fsp3) is 0.458. The maximum absolute atomic E-state index is 12.3. The Morgan fingerprint density at radius 2 is 1.70 bits per heavy atom. The van der Waals surface area contributed by atoms with E-state index >= 15 is 0 Å². The van der Waals surface area contributed by atoms with E-state index in [-0.39, 0.29) is 67.3 Å². The Morgan fingerprint density at radius 1 is 0.939 bits per heavy atom. The lowest BCUT2D eigenvalue weighted by Crippen LogP contribution is -2.15. The molecule has 2 aromatic rings. The summed E-state index contributed by atoms with van der Waals surface area (Å²) in [5.74, 6) is -0.394. The van der Waals surface area contributed by atoms with E-state index in [1.807, 2.05) is 0 Å². The highest BCUT2D eigenvalue weighted by Crippen LogP contribution is 2.37. The molecule has 0 aliphatic carbocycles. The highest BCUT2D eigenvalue weighted by molar-refractivity contribution is 5.79. The van der Waals surface area contributed by atoms with Crippen molar-refractivity contribution in [1.82, 2.24) is 0 Å². The summed E-state index contributed by atoms with van der Waals surface area (Å²) in [6.07, 6.45) is 1.68. The summed E-state index contributed by atoms with van der Waals surface area (Å²) < 4.78 is 10.6. The number of benzene rings is 2. The molecule has 2 rings (SSSR count). The lowest BCUT2D eigenvalue weighted by molar-refractivity contribution is -0.121. The molecule has 1 atom stereocenters. The van der Waals surface area contributed by atoms with Gasteiger partial charge in [0.05, 0.1) is 12.7 Å². The summed E-state index contributed by atoms with van der Waals surface area (Å²) in [4.78, 5) is 12.3. The number of carbonyl (C=O) groups is 1. The minimum atomic E-state index is -0.849. The zero-order valence-corrected chi connectivity index (χ0v) is 18.6. The van der Waals surface area contributed by atoms with E-state index in [0.717, 1.165) is 5.56 Å². The van der Waals surface area contributed by atoms with Gasteiger partial charge in [-0.05, 0) is 67.5 Å². The van der Waals surface area contributed by atoms with E-state index in [1.54, 1.807) is 18.2 Å². The number of aliphatic hydroxyl groups excluding tert-OH is 2. The van der Waals surface area contributed by atoms with Crippen LogP contribution in [0.1, 0.15) is 43.2 Å². The molecule has 0 saturated heterocycles. The van der Waals surface area contributed by atoms with Crippen LogP contribution in [0.5, 0.6) is 28.7 Å². The van der Waals surface area contributed by atoms with Crippen LogP contribution in [0, 0.1) is 0 Å². The number of hydrogen-bond acceptors (Lipinski definition) is 9. The van der Waals surface area contributed by atoms with Gasteiger partial charge >= 0.3 is 0 Å². The van der Waals surface area contributed by atoms with Crippen molar-refractivity contribution in [2.24, 2.45) is 5.73 Å². The van der Waals surface area contributed by atoms with Crippen LogP contribution >= 0.6 is 0 Å². The van der Waals surface area contributed by atoms with E-state index in [9.17, 15) is 25.2 Å². The molecule has 0 unspecified atom stereocenters. The molecule has 0 radical (unpaired) electrons. The average Bonchev–Trinajstić information content (AvgIpc) is 2.78. The molecular formula is C24H33NO8. The molecule has 0 heterocycles. The Hall–Kier alpha value is -3.01. The Kier molecular flexibility index (Phi) is 10.8. The maximum Gasteiger partial charge on any atom is 0.200 e. The number of aryl methyl sites for hydroxylation is 2. The van der Waals surface area contributed by atoms with Gasteiger partial charge in [-0.3, -0.25) is 10.5 Å². The largest absolute Gasteiger partial charge is 0.504 e. The molecule has 0 saturated carbocycles. The first-order valence-electron chi connectivity index (χ1n) is 11.0. The number of Topliss-reactive ketones (excluding diaryl/α,β-unsaturated/α-hetero) is 1. The smallest absolute Gasteiger partial charge is 0.200 e. The fourth-order valence-electron chi connectivity index (χ4n) is 3.30. The molecular weight excluding hydrogens is 430 g/mol. The predicted octanol–water partition coefficient (Wildman–Crippen LogP) is 2.14. The number of nitrogens with two attached hydrogens (primary N) is 1. The van der Waals surface area contributed by atoms with Crippen LogP contribution in [-0.4, -0.2) is 57.4 Å². The predicted molar refractivity (Wildman–Crippen MR) is 122 cm³/mol. The summed E-state index contributed by atoms with van der Waals surface area (Å²) in [6.45, 7) is 0.267. The van der Waals surface area contributed by atoms with Gasteiger partial charge in [-0.2, -0.15) is 0 Å². The van der Waals surface area contributed by atoms with Gasteiger partial charge in [-0.1, -0.05) is 6.07 Å². The van der Waals surface area contributed by atoms with Crippen LogP contribution in [0.25, 0.3) is 0 Å². The highest BCUT2D eigenvalue weighted by atomic mass is 16.5. The van der Waals surface area contributed by atoms with Crippen LogP contribution in [0.4, 0.5) is 0 Å². The molecule has 0 aromatic heterocycles. The number of phenolic OH excluding ortho intramolecular Hbond substituents is 3. The third-order valence-corrected chi connectivity index (χ3v) is 5.11. The summed E-state index contributed by atoms with van der Waals surface area (Å²) in [5, 5.41) is 48.7. The molecule has 33 heavy (non-hydrogen) atoms. The fourth-order valence-corrected chi connectivity index (χ4v) is 3.30. The minimum absolute atomic E-state index is 0.00117. The second-order valence-electron chi connectivity index (χ2n) is 7.79. The zero-order chi connectivity index (χ0) is 24.2. The van der Waals surface area contributed by atoms with E-state index in [0.29, 0.717) is 37.7 Å². The van der Waals surface area contributed by atoms with Crippen molar-refractivity contribution in [3.8, 4) is 28.7 Å². The Bertz CT molecular complexity index is 902. The summed E-state index contributed by atoms with van der Waals surface area (Å²) in [7, 11) is 0. The molecule has 0 aliphatic rings. The number of unbranched alkanes of at least 4 members (excludes halogenated alkanes) is 1. The van der Waals surface area contributed by atoms with Gasteiger partial charge in [0.1, 0.15) is 12.5 Å². The Morgan fingerprint density at radius 3 is 2.42 bits per heavy atom. The van der Waals surface area contributed by atoms with Crippen LogP contribution in [-0.2, 0) is 17.6 Å². The molecule has 0 amide bonds. The SMILES string of the molecule is NCOc1cc(CCC(=O)C[C@H](O)CCc2cc(O)c(O)c(OCCCCO)c2)ccc1O. The number of carbonyl (C=O) groups excluding carboxylic acids is 1. The van der Waals surface area contributed by atoms with Gasteiger partial charge in [0.15, 0.2) is 23.0 Å². The lowest BCUT2D eigenvalue weighted by Gasteiger charge is -2.13. The third kappa shape index (κ3) is 8.80. The minimum Gasteiger partial charge on any atom is -0.504 e. The lowest BCUT2D eigenvalue weighted by atomic mass is 9.99. The average molecular weight is 464 g/mol. The number of aliphatic hydroxyl groups is 2. The molecule has 0 bridgehead atoms. The quantitative estimate of drug-likeness (QED) is 0.132. The Labute approximate surface area is 193 Å². The van der Waals surface area contributed by atoms with Crippen LogP contribution < -0.4 is 15.2 Å². The molecule has 7 N–H and O–H groups in total. The Balaban J connectivity index is 1.82. The van der Waals surface area contributed by atoms with Crippen LogP contribution in [0.15, 0.2) is 30.3 Å². The van der Waals surface area contributed by atoms with Crippen molar-refractivity contribution in [3.05, 3.63) is 41.5 Å². The third-order valence-electron chi connectivity index (χ3n) is 5.11.